The summed E-state index contributed by atoms with van der Waals surface area (Å²) in [5, 5.41) is 10.1. The molecule has 0 saturated carbocycles. The first kappa shape index (κ1) is 17.5. The standard InChI is InChI=1S/C19H31N3O2/c1-18(2,3)22-8-5-15(12-22)17(24)21-9-6-19(7-10-21)11-16(23)13-20(4)14-19/h5,8,12,16,23H,6-7,9-11,13-14H2,1-4H3. The average Bonchev–Trinajstić information content (AvgIpc) is 2.96. The zero-order valence-corrected chi connectivity index (χ0v) is 15.5. The fourth-order valence-corrected chi connectivity index (χ4v) is 4.30. The van der Waals surface area contributed by atoms with Crippen LogP contribution in [-0.4, -0.2) is 64.7 Å². The third kappa shape index (κ3) is 3.52. The molecule has 3 rings (SSSR count). The zero-order chi connectivity index (χ0) is 17.5. The molecule has 2 aliphatic heterocycles. The number of aromatic nitrogens is 1. The molecule has 2 saturated heterocycles. The van der Waals surface area contributed by atoms with Gasteiger partial charge in [0.2, 0.25) is 0 Å². The number of nitrogens with zero attached hydrogens (tertiary/aromatic N) is 3. The minimum absolute atomic E-state index is 0.00664. The van der Waals surface area contributed by atoms with Crippen molar-refractivity contribution in [2.45, 2.75) is 51.7 Å². The maximum atomic E-state index is 12.8. The van der Waals surface area contributed by atoms with Crippen LogP contribution < -0.4 is 0 Å². The van der Waals surface area contributed by atoms with E-state index in [4.69, 9.17) is 0 Å². The third-order valence-electron chi connectivity index (χ3n) is 5.62. The van der Waals surface area contributed by atoms with Crippen LogP contribution in [0, 0.1) is 5.41 Å². The Hall–Kier alpha value is -1.33. The van der Waals surface area contributed by atoms with Crippen LogP contribution in [0.4, 0.5) is 0 Å². The number of rotatable bonds is 1. The lowest BCUT2D eigenvalue weighted by molar-refractivity contribution is -0.0286. The Labute approximate surface area is 145 Å². The lowest BCUT2D eigenvalue weighted by atomic mass is 9.71. The molecule has 5 nitrogen and oxygen atoms in total. The molecule has 1 aromatic heterocycles. The summed E-state index contributed by atoms with van der Waals surface area (Å²) >= 11 is 0. The number of likely N-dealkylation sites (tertiary alicyclic amines) is 2. The van der Waals surface area contributed by atoms with Gasteiger partial charge in [0.05, 0.1) is 11.7 Å². The van der Waals surface area contributed by atoms with E-state index in [2.05, 4.69) is 37.3 Å². The number of aliphatic hydroxyl groups is 1. The molecule has 24 heavy (non-hydrogen) atoms. The molecule has 0 aliphatic carbocycles. The molecule has 0 bridgehead atoms. The lowest BCUT2D eigenvalue weighted by Gasteiger charge is -2.48. The van der Waals surface area contributed by atoms with Crippen LogP contribution >= 0.6 is 0 Å². The lowest BCUT2D eigenvalue weighted by Crippen LogP contribution is -2.53. The number of carbonyl (C=O) groups excluding carboxylic acids is 1. The van der Waals surface area contributed by atoms with Crippen LogP contribution in [0.1, 0.15) is 50.4 Å². The van der Waals surface area contributed by atoms with Crippen molar-refractivity contribution in [1.29, 1.82) is 0 Å². The molecule has 1 amide bonds. The Balaban J connectivity index is 1.64. The quantitative estimate of drug-likeness (QED) is 0.857. The first-order chi connectivity index (χ1) is 11.2. The van der Waals surface area contributed by atoms with Gasteiger partial charge >= 0.3 is 0 Å². The summed E-state index contributed by atoms with van der Waals surface area (Å²) in [6, 6.07) is 1.93. The van der Waals surface area contributed by atoms with E-state index in [0.717, 1.165) is 51.0 Å². The molecule has 2 fully saturated rings. The molecule has 5 heteroatoms. The second kappa shape index (κ2) is 6.19. The number of hydrogen-bond donors (Lipinski definition) is 1. The number of piperidine rings is 2. The molecule has 1 spiro atoms. The monoisotopic (exact) mass is 333 g/mol. The summed E-state index contributed by atoms with van der Waals surface area (Å²) < 4.78 is 2.10. The van der Waals surface area contributed by atoms with Crippen LogP contribution in [0.25, 0.3) is 0 Å². The van der Waals surface area contributed by atoms with Gasteiger partial charge in [-0.25, -0.2) is 0 Å². The molecule has 0 radical (unpaired) electrons. The molecule has 1 aromatic rings. The Morgan fingerprint density at radius 2 is 1.96 bits per heavy atom. The van der Waals surface area contributed by atoms with Crippen LogP contribution in [0.2, 0.25) is 0 Å². The van der Waals surface area contributed by atoms with E-state index in [-0.39, 0.29) is 23.0 Å². The van der Waals surface area contributed by atoms with E-state index in [1.165, 1.54) is 0 Å². The molecule has 134 valence electrons. The van der Waals surface area contributed by atoms with Gasteiger partial charge in [-0.05, 0) is 58.6 Å². The first-order valence-electron chi connectivity index (χ1n) is 9.03. The highest BCUT2D eigenvalue weighted by Gasteiger charge is 2.41. The van der Waals surface area contributed by atoms with Gasteiger partial charge in [-0.2, -0.15) is 0 Å². The Morgan fingerprint density at radius 3 is 2.50 bits per heavy atom. The van der Waals surface area contributed by atoms with E-state index in [1.54, 1.807) is 0 Å². The summed E-state index contributed by atoms with van der Waals surface area (Å²) in [6.45, 7) is 9.79. The second-order valence-corrected chi connectivity index (χ2v) is 8.83. The van der Waals surface area contributed by atoms with Crippen molar-refractivity contribution in [2.75, 3.05) is 33.2 Å². The zero-order valence-electron chi connectivity index (χ0n) is 15.5. The normalized spacial score (nSPS) is 25.2. The number of aliphatic hydroxyl groups excluding tert-OH is 1. The van der Waals surface area contributed by atoms with Gasteiger partial charge in [-0.1, -0.05) is 0 Å². The van der Waals surface area contributed by atoms with Crippen molar-refractivity contribution in [3.05, 3.63) is 24.0 Å². The second-order valence-electron chi connectivity index (χ2n) is 8.83. The summed E-state index contributed by atoms with van der Waals surface area (Å²) in [5.74, 6) is 0.137. The summed E-state index contributed by atoms with van der Waals surface area (Å²) in [4.78, 5) is 17.0. The van der Waals surface area contributed by atoms with Crippen molar-refractivity contribution in [1.82, 2.24) is 14.4 Å². The molecular formula is C19H31N3O2. The molecule has 1 atom stereocenters. The van der Waals surface area contributed by atoms with Crippen molar-refractivity contribution in [3.63, 3.8) is 0 Å². The molecule has 3 heterocycles. The Kier molecular flexibility index (Phi) is 4.51. The van der Waals surface area contributed by atoms with Crippen molar-refractivity contribution in [3.8, 4) is 0 Å². The van der Waals surface area contributed by atoms with E-state index in [9.17, 15) is 9.90 Å². The van der Waals surface area contributed by atoms with Gasteiger partial charge in [0.15, 0.2) is 0 Å². The van der Waals surface area contributed by atoms with E-state index in [1.807, 2.05) is 23.4 Å². The number of β-amino-alcohol motifs (C(OH)–C–C–N with tert-alkyl or cyclic N) is 1. The SMILES string of the molecule is CN1CC(O)CC2(CCN(C(=O)c3ccn(C(C)(C)C)c3)CC2)C1. The third-order valence-corrected chi connectivity index (χ3v) is 5.62. The fraction of sp³-hybridized carbons (Fsp3) is 0.737. The highest BCUT2D eigenvalue weighted by molar-refractivity contribution is 5.94. The summed E-state index contributed by atoms with van der Waals surface area (Å²) in [5.41, 5.74) is 0.954. The van der Waals surface area contributed by atoms with Crippen molar-refractivity contribution >= 4 is 5.91 Å². The largest absolute Gasteiger partial charge is 0.392 e. The maximum Gasteiger partial charge on any atom is 0.255 e. The van der Waals surface area contributed by atoms with Crippen LogP contribution in [0.3, 0.4) is 0 Å². The van der Waals surface area contributed by atoms with Crippen molar-refractivity contribution < 1.29 is 9.90 Å². The molecule has 1 N–H and O–H groups in total. The number of likely N-dealkylation sites (N-methyl/N-ethyl adjacent to an activating group) is 1. The van der Waals surface area contributed by atoms with Gasteiger partial charge in [0.1, 0.15) is 0 Å². The minimum Gasteiger partial charge on any atom is -0.392 e. The Bertz CT molecular complexity index is 582. The molecule has 0 aromatic carbocycles. The van der Waals surface area contributed by atoms with Gasteiger partial charge < -0.3 is 19.5 Å². The predicted octanol–water partition coefficient (Wildman–Crippen LogP) is 2.16. The van der Waals surface area contributed by atoms with Crippen LogP contribution in [-0.2, 0) is 5.54 Å². The Morgan fingerprint density at radius 1 is 1.29 bits per heavy atom. The van der Waals surface area contributed by atoms with Crippen LogP contribution in [0.15, 0.2) is 18.5 Å². The number of amides is 1. The van der Waals surface area contributed by atoms with E-state index < -0.39 is 0 Å². The first-order valence-corrected chi connectivity index (χ1v) is 9.03. The molecule has 2 aliphatic rings. The van der Waals surface area contributed by atoms with Gasteiger partial charge in [-0.3, -0.25) is 4.79 Å². The topological polar surface area (TPSA) is 48.7 Å². The summed E-state index contributed by atoms with van der Waals surface area (Å²) in [7, 11) is 2.08. The maximum absolute atomic E-state index is 12.8. The molecule has 1 unspecified atom stereocenters. The van der Waals surface area contributed by atoms with Crippen molar-refractivity contribution in [2.24, 2.45) is 5.41 Å². The highest BCUT2D eigenvalue weighted by Crippen LogP contribution is 2.39. The predicted molar refractivity (Wildman–Crippen MR) is 95.1 cm³/mol. The van der Waals surface area contributed by atoms with Gasteiger partial charge in [0.25, 0.3) is 5.91 Å². The van der Waals surface area contributed by atoms with E-state index in [0.29, 0.717) is 0 Å². The number of hydrogen-bond acceptors (Lipinski definition) is 3. The number of carbonyl (C=O) groups is 1. The fourth-order valence-electron chi connectivity index (χ4n) is 4.30. The minimum atomic E-state index is -0.230. The molecular weight excluding hydrogens is 302 g/mol. The van der Waals surface area contributed by atoms with Gasteiger partial charge in [-0.15, -0.1) is 0 Å². The average molecular weight is 333 g/mol. The van der Waals surface area contributed by atoms with Crippen LogP contribution in [0.5, 0.6) is 0 Å². The highest BCUT2D eigenvalue weighted by atomic mass is 16.3. The van der Waals surface area contributed by atoms with Gasteiger partial charge in [0, 0.05) is 44.1 Å². The van der Waals surface area contributed by atoms with E-state index >= 15 is 0 Å². The summed E-state index contributed by atoms with van der Waals surface area (Å²) in [6.07, 6.45) is 6.57. The smallest absolute Gasteiger partial charge is 0.255 e.